The molecule has 0 bridgehead atoms. The van der Waals surface area contributed by atoms with Crippen LogP contribution in [0.25, 0.3) is 0 Å². The number of carbonyl (C=O) groups is 1. The van der Waals surface area contributed by atoms with Crippen molar-refractivity contribution in [2.45, 2.75) is 13.8 Å². The molecule has 0 aliphatic heterocycles. The minimum absolute atomic E-state index is 0.0243. The summed E-state index contributed by atoms with van der Waals surface area (Å²) in [6.07, 6.45) is 0. The third-order valence-electron chi connectivity index (χ3n) is 3.28. The highest BCUT2D eigenvalue weighted by molar-refractivity contribution is 7.66. The molecule has 0 fully saturated rings. The molecule has 0 N–H and O–H groups in total. The maximum absolute atomic E-state index is 12.7. The van der Waals surface area contributed by atoms with Gasteiger partial charge < -0.3 is 9.47 Å². The summed E-state index contributed by atoms with van der Waals surface area (Å²) in [6, 6.07) is 11.5. The Morgan fingerprint density at radius 1 is 1.00 bits per heavy atom. The minimum Gasteiger partial charge on any atom is -0.496 e. The van der Waals surface area contributed by atoms with Crippen LogP contribution in [0.1, 0.15) is 21.5 Å². The number of hydrogen-bond acceptors (Lipinski definition) is 3. The molecule has 2 rings (SSSR count). The van der Waals surface area contributed by atoms with Gasteiger partial charge in [0.15, 0.2) is 5.52 Å². The molecule has 1 unspecified atom stereocenters. The molecule has 4 heteroatoms. The van der Waals surface area contributed by atoms with Gasteiger partial charge in [-0.05, 0) is 45.4 Å². The van der Waals surface area contributed by atoms with Crippen molar-refractivity contribution in [3.8, 4) is 11.5 Å². The van der Waals surface area contributed by atoms with Gasteiger partial charge in [-0.15, -0.1) is 0 Å². The van der Waals surface area contributed by atoms with E-state index in [1.54, 1.807) is 26.4 Å². The van der Waals surface area contributed by atoms with Gasteiger partial charge in [0.2, 0.25) is 0 Å². The number of hydrogen-bond donors (Lipinski definition) is 0. The standard InChI is InChI=1S/C17H19O3P/c1-11-8-9-15(12(2)10-11)21-17(18)16-13(19-3)6-5-7-14(16)20-4/h5-10,21H,1-4H3. The highest BCUT2D eigenvalue weighted by Gasteiger charge is 2.19. The van der Waals surface area contributed by atoms with E-state index in [0.717, 1.165) is 10.9 Å². The first-order valence-corrected chi connectivity index (χ1v) is 7.66. The first kappa shape index (κ1) is 15.5. The van der Waals surface area contributed by atoms with Crippen LogP contribution in [0.4, 0.5) is 0 Å². The number of rotatable bonds is 5. The molecule has 2 aromatic carbocycles. The van der Waals surface area contributed by atoms with E-state index in [1.165, 1.54) is 5.56 Å². The second-order valence-electron chi connectivity index (χ2n) is 4.81. The second kappa shape index (κ2) is 6.73. The van der Waals surface area contributed by atoms with Crippen molar-refractivity contribution in [3.63, 3.8) is 0 Å². The average Bonchev–Trinajstić information content (AvgIpc) is 2.49. The highest BCUT2D eigenvalue weighted by Crippen LogP contribution is 2.34. The molecule has 0 aliphatic rings. The number of ether oxygens (including phenoxy) is 2. The van der Waals surface area contributed by atoms with Crippen LogP contribution in [0.15, 0.2) is 36.4 Å². The predicted molar refractivity (Wildman–Crippen MR) is 87.7 cm³/mol. The van der Waals surface area contributed by atoms with E-state index < -0.39 is 0 Å². The van der Waals surface area contributed by atoms with Crippen LogP contribution >= 0.6 is 8.58 Å². The van der Waals surface area contributed by atoms with E-state index in [4.69, 9.17) is 9.47 Å². The van der Waals surface area contributed by atoms with E-state index in [1.807, 2.05) is 32.0 Å². The van der Waals surface area contributed by atoms with Crippen molar-refractivity contribution in [1.82, 2.24) is 0 Å². The van der Waals surface area contributed by atoms with Gasteiger partial charge in [0.25, 0.3) is 0 Å². The van der Waals surface area contributed by atoms with Crippen LogP contribution in [-0.4, -0.2) is 19.7 Å². The van der Waals surface area contributed by atoms with Crippen LogP contribution in [-0.2, 0) is 0 Å². The summed E-state index contributed by atoms with van der Waals surface area (Å²) in [5, 5.41) is 1.05. The Kier molecular flexibility index (Phi) is 4.98. The van der Waals surface area contributed by atoms with E-state index in [2.05, 4.69) is 6.07 Å². The molecule has 0 spiro atoms. The fourth-order valence-electron chi connectivity index (χ4n) is 2.21. The first-order valence-electron chi connectivity index (χ1n) is 6.66. The molecular formula is C17H19O3P. The predicted octanol–water partition coefficient (Wildman–Crippen LogP) is 3.46. The van der Waals surface area contributed by atoms with Crippen LogP contribution in [0, 0.1) is 13.8 Å². The fourth-order valence-corrected chi connectivity index (χ4v) is 3.27. The second-order valence-corrected chi connectivity index (χ2v) is 6.05. The van der Waals surface area contributed by atoms with E-state index in [-0.39, 0.29) is 14.1 Å². The Bertz CT molecular complexity index is 643. The number of carbonyl (C=O) groups excluding carboxylic acids is 1. The lowest BCUT2D eigenvalue weighted by atomic mass is 10.2. The molecule has 0 radical (unpaired) electrons. The normalized spacial score (nSPS) is 10.9. The number of aryl methyl sites for hydroxylation is 2. The first-order chi connectivity index (χ1) is 10.1. The summed E-state index contributed by atoms with van der Waals surface area (Å²) in [7, 11) is 3.17. The zero-order chi connectivity index (χ0) is 15.4. The molecule has 0 aliphatic carbocycles. The molecule has 110 valence electrons. The van der Waals surface area contributed by atoms with Gasteiger partial charge in [-0.25, -0.2) is 0 Å². The van der Waals surface area contributed by atoms with Gasteiger partial charge >= 0.3 is 0 Å². The largest absolute Gasteiger partial charge is 0.496 e. The van der Waals surface area contributed by atoms with Crippen molar-refractivity contribution in [1.29, 1.82) is 0 Å². The van der Waals surface area contributed by atoms with Gasteiger partial charge in [0.1, 0.15) is 17.1 Å². The zero-order valence-electron chi connectivity index (χ0n) is 12.7. The third-order valence-corrected chi connectivity index (χ3v) is 4.59. The van der Waals surface area contributed by atoms with Crippen molar-refractivity contribution in [3.05, 3.63) is 53.1 Å². The molecular weight excluding hydrogens is 283 g/mol. The van der Waals surface area contributed by atoms with Gasteiger partial charge in [-0.1, -0.05) is 29.8 Å². The monoisotopic (exact) mass is 302 g/mol. The van der Waals surface area contributed by atoms with E-state index in [9.17, 15) is 4.79 Å². The Morgan fingerprint density at radius 2 is 1.62 bits per heavy atom. The molecule has 21 heavy (non-hydrogen) atoms. The van der Waals surface area contributed by atoms with Crippen LogP contribution in [0.2, 0.25) is 0 Å². The molecule has 0 amide bonds. The van der Waals surface area contributed by atoms with Crippen molar-refractivity contribution >= 4 is 19.4 Å². The van der Waals surface area contributed by atoms with E-state index >= 15 is 0 Å². The molecule has 3 nitrogen and oxygen atoms in total. The highest BCUT2D eigenvalue weighted by atomic mass is 31.1. The topological polar surface area (TPSA) is 35.5 Å². The van der Waals surface area contributed by atoms with Crippen LogP contribution in [0.3, 0.4) is 0 Å². The molecule has 0 heterocycles. The maximum atomic E-state index is 12.7. The summed E-state index contributed by atoms with van der Waals surface area (Å²) in [5.41, 5.74) is 2.87. The Balaban J connectivity index is 2.36. The summed E-state index contributed by atoms with van der Waals surface area (Å²) in [6.45, 7) is 4.08. The van der Waals surface area contributed by atoms with Crippen LogP contribution < -0.4 is 14.8 Å². The maximum Gasteiger partial charge on any atom is 0.193 e. The minimum atomic E-state index is 0.0243. The fraction of sp³-hybridized carbons (Fsp3) is 0.235. The van der Waals surface area contributed by atoms with Crippen molar-refractivity contribution < 1.29 is 14.3 Å². The lowest BCUT2D eigenvalue weighted by Gasteiger charge is -2.13. The van der Waals surface area contributed by atoms with Gasteiger partial charge in [0, 0.05) is 0 Å². The molecule has 2 aromatic rings. The summed E-state index contributed by atoms with van der Waals surface area (Å²) in [5.74, 6) is 1.10. The summed E-state index contributed by atoms with van der Waals surface area (Å²) < 4.78 is 10.6. The lowest BCUT2D eigenvalue weighted by Crippen LogP contribution is -2.07. The Labute approximate surface area is 127 Å². The SMILES string of the molecule is COc1cccc(OC)c1C(=O)Pc1ccc(C)cc1C. The quantitative estimate of drug-likeness (QED) is 0.793. The average molecular weight is 302 g/mol. The number of benzene rings is 2. The lowest BCUT2D eigenvalue weighted by molar-refractivity contribution is 0.108. The Morgan fingerprint density at radius 3 is 2.14 bits per heavy atom. The summed E-state index contributed by atoms with van der Waals surface area (Å²) >= 11 is 0. The summed E-state index contributed by atoms with van der Waals surface area (Å²) in [4.78, 5) is 12.7. The van der Waals surface area contributed by atoms with Gasteiger partial charge in [-0.2, -0.15) is 0 Å². The number of methoxy groups -OCH3 is 2. The van der Waals surface area contributed by atoms with Gasteiger partial charge in [-0.3, -0.25) is 4.79 Å². The molecule has 0 aromatic heterocycles. The van der Waals surface area contributed by atoms with Gasteiger partial charge in [0.05, 0.1) is 14.2 Å². The Hall–Kier alpha value is -1.86. The zero-order valence-corrected chi connectivity index (χ0v) is 13.7. The third kappa shape index (κ3) is 3.43. The van der Waals surface area contributed by atoms with Crippen LogP contribution in [0.5, 0.6) is 11.5 Å². The van der Waals surface area contributed by atoms with Crippen molar-refractivity contribution in [2.24, 2.45) is 0 Å². The van der Waals surface area contributed by atoms with Crippen molar-refractivity contribution in [2.75, 3.05) is 14.2 Å². The molecule has 1 atom stereocenters. The molecule has 0 saturated carbocycles. The molecule has 0 saturated heterocycles. The smallest absolute Gasteiger partial charge is 0.193 e. The van der Waals surface area contributed by atoms with E-state index in [0.29, 0.717) is 17.1 Å².